The number of nitrogens with zero attached hydrogens (tertiary/aromatic N) is 1. The number of rotatable bonds is 4. The summed E-state index contributed by atoms with van der Waals surface area (Å²) >= 11 is 6.06. The molecular weight excluding hydrogens is 268 g/mol. The first-order valence-electron chi connectivity index (χ1n) is 7.42. The highest BCUT2D eigenvalue weighted by Gasteiger charge is 2.21. The summed E-state index contributed by atoms with van der Waals surface area (Å²) in [5.74, 6) is 0. The minimum Gasteiger partial charge on any atom is -0.349 e. The van der Waals surface area contributed by atoms with E-state index in [1.54, 1.807) is 0 Å². The topological polar surface area (TPSA) is 17.0 Å². The van der Waals surface area contributed by atoms with Gasteiger partial charge in [0.15, 0.2) is 0 Å². The average Bonchev–Trinajstić information content (AvgIpc) is 2.82. The number of aromatic nitrogens is 1. The van der Waals surface area contributed by atoms with Crippen molar-refractivity contribution in [2.45, 2.75) is 38.8 Å². The lowest BCUT2D eigenvalue weighted by molar-refractivity contribution is 0.473. The van der Waals surface area contributed by atoms with Crippen molar-refractivity contribution in [3.63, 3.8) is 0 Å². The third kappa shape index (κ3) is 2.92. The zero-order chi connectivity index (χ0) is 13.9. The van der Waals surface area contributed by atoms with Crippen LogP contribution in [0.1, 0.15) is 42.5 Å². The molecule has 1 N–H and O–H groups in total. The lowest BCUT2D eigenvalue weighted by atomic mass is 9.91. The number of hydrogen-bond acceptors (Lipinski definition) is 1. The van der Waals surface area contributed by atoms with Gasteiger partial charge in [0.05, 0.1) is 0 Å². The number of aryl methyl sites for hydroxylation is 1. The normalized spacial score (nSPS) is 18.0. The number of fused-ring (bicyclic) bond motifs is 1. The second-order valence-corrected chi connectivity index (χ2v) is 5.98. The van der Waals surface area contributed by atoms with Gasteiger partial charge in [0.2, 0.25) is 0 Å². The van der Waals surface area contributed by atoms with Gasteiger partial charge in [-0.2, -0.15) is 0 Å². The highest BCUT2D eigenvalue weighted by molar-refractivity contribution is 6.30. The van der Waals surface area contributed by atoms with Gasteiger partial charge in [0.25, 0.3) is 0 Å². The number of benzene rings is 1. The number of hydrogen-bond donors (Lipinski definition) is 1. The van der Waals surface area contributed by atoms with Crippen molar-refractivity contribution in [2.75, 3.05) is 6.54 Å². The molecule has 0 radical (unpaired) electrons. The van der Waals surface area contributed by atoms with E-state index in [1.807, 2.05) is 18.2 Å². The standard InChI is InChI=1S/C17H21ClN2/c1-2-19-17-8-4-6-14-11-20(12-16(14)17)10-13-5-3-7-15(18)9-13/h3,5,7,9,11-12,17,19H,2,4,6,8,10H2,1H3. The largest absolute Gasteiger partial charge is 0.349 e. The van der Waals surface area contributed by atoms with E-state index in [0.29, 0.717) is 6.04 Å². The summed E-state index contributed by atoms with van der Waals surface area (Å²) in [6.45, 7) is 4.10. The molecule has 1 aromatic carbocycles. The van der Waals surface area contributed by atoms with E-state index in [1.165, 1.54) is 36.0 Å². The van der Waals surface area contributed by atoms with Crippen molar-refractivity contribution in [1.82, 2.24) is 9.88 Å². The van der Waals surface area contributed by atoms with Crippen LogP contribution in [0.25, 0.3) is 0 Å². The highest BCUT2D eigenvalue weighted by Crippen LogP contribution is 2.30. The minimum atomic E-state index is 0.532. The quantitative estimate of drug-likeness (QED) is 0.893. The molecule has 0 saturated heterocycles. The van der Waals surface area contributed by atoms with Crippen LogP contribution in [0.3, 0.4) is 0 Å². The molecule has 0 spiro atoms. The van der Waals surface area contributed by atoms with Gasteiger partial charge in [-0.05, 0) is 54.6 Å². The number of nitrogens with one attached hydrogen (secondary N) is 1. The van der Waals surface area contributed by atoms with Crippen molar-refractivity contribution in [3.8, 4) is 0 Å². The summed E-state index contributed by atoms with van der Waals surface area (Å²) in [5, 5.41) is 4.40. The second-order valence-electron chi connectivity index (χ2n) is 5.54. The fourth-order valence-corrected chi connectivity index (χ4v) is 3.36. The summed E-state index contributed by atoms with van der Waals surface area (Å²) in [6.07, 6.45) is 8.36. The molecular formula is C17H21ClN2. The Morgan fingerprint density at radius 1 is 1.35 bits per heavy atom. The first-order valence-corrected chi connectivity index (χ1v) is 7.80. The number of halogens is 1. The average molecular weight is 289 g/mol. The predicted octanol–water partition coefficient (Wildman–Crippen LogP) is 4.18. The van der Waals surface area contributed by atoms with Gasteiger partial charge in [-0.3, -0.25) is 0 Å². The summed E-state index contributed by atoms with van der Waals surface area (Å²) < 4.78 is 2.30. The monoisotopic (exact) mass is 288 g/mol. The van der Waals surface area contributed by atoms with Crippen LogP contribution in [0, 0.1) is 0 Å². The Hall–Kier alpha value is -1.25. The van der Waals surface area contributed by atoms with E-state index in [-0.39, 0.29) is 0 Å². The minimum absolute atomic E-state index is 0.532. The first-order chi connectivity index (χ1) is 9.76. The van der Waals surface area contributed by atoms with Crippen molar-refractivity contribution in [1.29, 1.82) is 0 Å². The molecule has 1 heterocycles. The van der Waals surface area contributed by atoms with Crippen LogP contribution in [0.4, 0.5) is 0 Å². The Labute approximate surface area is 125 Å². The summed E-state index contributed by atoms with van der Waals surface area (Å²) in [7, 11) is 0. The summed E-state index contributed by atoms with van der Waals surface area (Å²) in [6, 6.07) is 8.65. The Kier molecular flexibility index (Phi) is 4.13. The highest BCUT2D eigenvalue weighted by atomic mass is 35.5. The van der Waals surface area contributed by atoms with Crippen molar-refractivity contribution in [3.05, 3.63) is 58.4 Å². The van der Waals surface area contributed by atoms with E-state index in [4.69, 9.17) is 11.6 Å². The fourth-order valence-electron chi connectivity index (χ4n) is 3.14. The fraction of sp³-hybridized carbons (Fsp3) is 0.412. The van der Waals surface area contributed by atoms with Gasteiger partial charge in [-0.25, -0.2) is 0 Å². The molecule has 0 bridgehead atoms. The van der Waals surface area contributed by atoms with Crippen LogP contribution in [-0.4, -0.2) is 11.1 Å². The molecule has 20 heavy (non-hydrogen) atoms. The van der Waals surface area contributed by atoms with Crippen LogP contribution < -0.4 is 5.32 Å². The van der Waals surface area contributed by atoms with E-state index < -0.39 is 0 Å². The maximum absolute atomic E-state index is 6.06. The molecule has 1 atom stereocenters. The molecule has 0 amide bonds. The third-order valence-corrected chi connectivity index (χ3v) is 4.25. The van der Waals surface area contributed by atoms with E-state index in [2.05, 4.69) is 35.3 Å². The zero-order valence-corrected chi connectivity index (χ0v) is 12.7. The van der Waals surface area contributed by atoms with Gasteiger partial charge in [0.1, 0.15) is 0 Å². The van der Waals surface area contributed by atoms with Crippen LogP contribution >= 0.6 is 11.6 Å². The van der Waals surface area contributed by atoms with Gasteiger partial charge in [-0.1, -0.05) is 30.7 Å². The van der Waals surface area contributed by atoms with Crippen molar-refractivity contribution >= 4 is 11.6 Å². The van der Waals surface area contributed by atoms with Crippen molar-refractivity contribution in [2.24, 2.45) is 0 Å². The molecule has 3 rings (SSSR count). The smallest absolute Gasteiger partial charge is 0.0470 e. The molecule has 1 aromatic heterocycles. The lowest BCUT2D eigenvalue weighted by Crippen LogP contribution is -2.23. The molecule has 1 aliphatic carbocycles. The maximum Gasteiger partial charge on any atom is 0.0470 e. The molecule has 3 heteroatoms. The molecule has 0 aliphatic heterocycles. The Bertz CT molecular complexity index is 588. The molecule has 2 nitrogen and oxygen atoms in total. The Balaban J connectivity index is 1.82. The SMILES string of the molecule is CCNC1CCCc2cn(Cc3cccc(Cl)c3)cc21. The van der Waals surface area contributed by atoms with Crippen molar-refractivity contribution < 1.29 is 0 Å². The summed E-state index contributed by atoms with van der Waals surface area (Å²) in [5.41, 5.74) is 4.24. The third-order valence-electron chi connectivity index (χ3n) is 4.02. The van der Waals surface area contributed by atoms with Crippen LogP contribution in [-0.2, 0) is 13.0 Å². The lowest BCUT2D eigenvalue weighted by Gasteiger charge is -2.22. The van der Waals surface area contributed by atoms with Gasteiger partial charge in [-0.15, -0.1) is 0 Å². The Morgan fingerprint density at radius 2 is 2.25 bits per heavy atom. The van der Waals surface area contributed by atoms with E-state index in [9.17, 15) is 0 Å². The van der Waals surface area contributed by atoms with Gasteiger partial charge >= 0.3 is 0 Å². The van der Waals surface area contributed by atoms with Gasteiger partial charge in [0, 0.05) is 30.0 Å². The van der Waals surface area contributed by atoms with Crippen LogP contribution in [0.2, 0.25) is 5.02 Å². The maximum atomic E-state index is 6.06. The molecule has 0 fully saturated rings. The second kappa shape index (κ2) is 6.02. The first kappa shape index (κ1) is 13.7. The molecule has 0 saturated carbocycles. The van der Waals surface area contributed by atoms with Crippen LogP contribution in [0.15, 0.2) is 36.7 Å². The van der Waals surface area contributed by atoms with Crippen LogP contribution in [0.5, 0.6) is 0 Å². The zero-order valence-electron chi connectivity index (χ0n) is 11.9. The molecule has 1 aliphatic rings. The van der Waals surface area contributed by atoms with E-state index >= 15 is 0 Å². The molecule has 1 unspecified atom stereocenters. The summed E-state index contributed by atoms with van der Waals surface area (Å²) in [4.78, 5) is 0. The van der Waals surface area contributed by atoms with E-state index in [0.717, 1.165) is 18.1 Å². The molecule has 2 aromatic rings. The van der Waals surface area contributed by atoms with Gasteiger partial charge < -0.3 is 9.88 Å². The molecule has 106 valence electrons. The predicted molar refractivity (Wildman–Crippen MR) is 84.3 cm³/mol. The Morgan fingerprint density at radius 3 is 3.05 bits per heavy atom.